The van der Waals surface area contributed by atoms with Gasteiger partial charge in [-0.1, -0.05) is 25.1 Å². The van der Waals surface area contributed by atoms with Gasteiger partial charge in [0.2, 0.25) is 5.88 Å². The normalized spacial score (nSPS) is 11.9. The third kappa shape index (κ3) is 3.47. The number of amides is 1. The minimum absolute atomic E-state index is 0.123. The quantitative estimate of drug-likeness (QED) is 0.888. The van der Waals surface area contributed by atoms with Crippen LogP contribution in [0.25, 0.3) is 0 Å². The molecule has 0 unspecified atom stereocenters. The molecule has 1 amide bonds. The Bertz CT molecular complexity index is 694. The number of hydrogen-bond acceptors (Lipinski definition) is 4. The average molecular weight is 317 g/mol. The second-order valence-electron chi connectivity index (χ2n) is 5.45. The van der Waals surface area contributed by atoms with E-state index in [2.05, 4.69) is 10.4 Å². The second kappa shape index (κ2) is 7.17. The lowest BCUT2D eigenvalue weighted by Gasteiger charge is -2.16. The molecule has 0 aliphatic carbocycles. The van der Waals surface area contributed by atoms with Crippen molar-refractivity contribution in [2.75, 3.05) is 20.8 Å². The molecule has 0 fully saturated rings. The Morgan fingerprint density at radius 3 is 2.65 bits per heavy atom. The molecule has 0 spiro atoms. The number of aromatic nitrogens is 2. The lowest BCUT2D eigenvalue weighted by atomic mass is 10.00. The zero-order chi connectivity index (χ0) is 17.0. The topological polar surface area (TPSA) is 65.4 Å². The van der Waals surface area contributed by atoms with Crippen molar-refractivity contribution in [1.29, 1.82) is 0 Å². The summed E-state index contributed by atoms with van der Waals surface area (Å²) in [6.07, 6.45) is 0. The van der Waals surface area contributed by atoms with Gasteiger partial charge in [0, 0.05) is 19.5 Å². The van der Waals surface area contributed by atoms with Crippen molar-refractivity contribution in [3.05, 3.63) is 41.1 Å². The molecule has 0 bridgehead atoms. The summed E-state index contributed by atoms with van der Waals surface area (Å²) in [5.41, 5.74) is 2.18. The smallest absolute Gasteiger partial charge is 0.258 e. The fourth-order valence-electron chi connectivity index (χ4n) is 2.65. The number of rotatable bonds is 6. The molecular formula is C17H23N3O3. The van der Waals surface area contributed by atoms with Gasteiger partial charge in [0.25, 0.3) is 5.91 Å². The van der Waals surface area contributed by atoms with Crippen LogP contribution in [0.2, 0.25) is 0 Å². The average Bonchev–Trinajstić information content (AvgIpc) is 2.85. The number of aryl methyl sites for hydroxylation is 2. The highest BCUT2D eigenvalue weighted by Crippen LogP contribution is 2.26. The molecule has 0 saturated heterocycles. The van der Waals surface area contributed by atoms with Crippen LogP contribution in [0.3, 0.4) is 0 Å². The molecule has 124 valence electrons. The molecule has 1 heterocycles. The van der Waals surface area contributed by atoms with Gasteiger partial charge in [-0.15, -0.1) is 0 Å². The number of carbonyl (C=O) groups excluding carboxylic acids is 1. The molecule has 0 saturated carbocycles. The zero-order valence-corrected chi connectivity index (χ0v) is 14.2. The summed E-state index contributed by atoms with van der Waals surface area (Å²) in [7, 11) is 4.93. The second-order valence-corrected chi connectivity index (χ2v) is 5.45. The monoisotopic (exact) mass is 317 g/mol. The summed E-state index contributed by atoms with van der Waals surface area (Å²) in [6.45, 7) is 4.34. The van der Waals surface area contributed by atoms with Crippen LogP contribution in [-0.4, -0.2) is 36.5 Å². The minimum Gasteiger partial charge on any atom is -0.496 e. The van der Waals surface area contributed by atoms with Crippen LogP contribution in [-0.2, 0) is 7.05 Å². The van der Waals surface area contributed by atoms with E-state index in [-0.39, 0.29) is 11.8 Å². The Morgan fingerprint density at radius 2 is 2.00 bits per heavy atom. The van der Waals surface area contributed by atoms with Gasteiger partial charge in [-0.2, -0.15) is 5.10 Å². The van der Waals surface area contributed by atoms with E-state index in [0.717, 1.165) is 11.3 Å². The summed E-state index contributed by atoms with van der Waals surface area (Å²) in [5.74, 6) is 1.22. The first-order valence-corrected chi connectivity index (χ1v) is 7.48. The standard InChI is InChI=1S/C17H23N3O3/c1-11(13-8-6-7-9-14(13)22-4)10-18-16(21)15-12(2)19-20(3)17(15)23-5/h6-9,11H,10H2,1-5H3,(H,18,21)/t11-/m1/s1. The molecule has 0 aliphatic rings. The highest BCUT2D eigenvalue weighted by molar-refractivity contribution is 5.97. The Kier molecular flexibility index (Phi) is 5.26. The Labute approximate surface area is 136 Å². The maximum atomic E-state index is 12.5. The number of ether oxygens (including phenoxy) is 2. The van der Waals surface area contributed by atoms with Gasteiger partial charge in [0.05, 0.1) is 19.9 Å². The number of para-hydroxylation sites is 1. The summed E-state index contributed by atoms with van der Waals surface area (Å²) < 4.78 is 12.2. The first-order chi connectivity index (χ1) is 11.0. The van der Waals surface area contributed by atoms with Crippen molar-refractivity contribution < 1.29 is 14.3 Å². The van der Waals surface area contributed by atoms with Gasteiger partial charge in [-0.25, -0.2) is 4.68 Å². The van der Waals surface area contributed by atoms with E-state index in [4.69, 9.17) is 9.47 Å². The van der Waals surface area contributed by atoms with Crippen LogP contribution in [0.15, 0.2) is 24.3 Å². The fraction of sp³-hybridized carbons (Fsp3) is 0.412. The molecule has 1 atom stereocenters. The lowest BCUT2D eigenvalue weighted by Crippen LogP contribution is -2.28. The summed E-state index contributed by atoms with van der Waals surface area (Å²) in [5, 5.41) is 7.18. The molecule has 23 heavy (non-hydrogen) atoms. The molecule has 6 heteroatoms. The van der Waals surface area contributed by atoms with Crippen LogP contribution in [0, 0.1) is 6.92 Å². The third-order valence-corrected chi connectivity index (χ3v) is 3.83. The van der Waals surface area contributed by atoms with Gasteiger partial charge < -0.3 is 14.8 Å². The molecule has 6 nitrogen and oxygen atoms in total. The van der Waals surface area contributed by atoms with Crippen LogP contribution in [0.5, 0.6) is 11.6 Å². The maximum absolute atomic E-state index is 12.5. The van der Waals surface area contributed by atoms with E-state index in [1.54, 1.807) is 25.8 Å². The molecule has 2 rings (SSSR count). The summed E-state index contributed by atoms with van der Waals surface area (Å²) >= 11 is 0. The molecule has 0 radical (unpaired) electrons. The Morgan fingerprint density at radius 1 is 1.30 bits per heavy atom. The number of hydrogen-bond donors (Lipinski definition) is 1. The Hall–Kier alpha value is -2.50. The zero-order valence-electron chi connectivity index (χ0n) is 14.2. The molecule has 1 aromatic carbocycles. The predicted molar refractivity (Wildman–Crippen MR) is 88.2 cm³/mol. The highest BCUT2D eigenvalue weighted by Gasteiger charge is 2.22. The number of methoxy groups -OCH3 is 2. The van der Waals surface area contributed by atoms with Crippen molar-refractivity contribution in [3.8, 4) is 11.6 Å². The number of benzene rings is 1. The summed E-state index contributed by atoms with van der Waals surface area (Å²) in [4.78, 5) is 12.5. The first-order valence-electron chi connectivity index (χ1n) is 7.48. The molecule has 1 N–H and O–H groups in total. The lowest BCUT2D eigenvalue weighted by molar-refractivity contribution is 0.0947. The third-order valence-electron chi connectivity index (χ3n) is 3.83. The van der Waals surface area contributed by atoms with E-state index in [1.807, 2.05) is 31.2 Å². The van der Waals surface area contributed by atoms with E-state index < -0.39 is 0 Å². The minimum atomic E-state index is -0.186. The SMILES string of the molecule is COc1ccccc1[C@H](C)CNC(=O)c1c(C)nn(C)c1OC. The molecule has 0 aliphatic heterocycles. The van der Waals surface area contributed by atoms with Gasteiger partial charge >= 0.3 is 0 Å². The highest BCUT2D eigenvalue weighted by atomic mass is 16.5. The largest absolute Gasteiger partial charge is 0.496 e. The van der Waals surface area contributed by atoms with Crippen LogP contribution >= 0.6 is 0 Å². The maximum Gasteiger partial charge on any atom is 0.258 e. The van der Waals surface area contributed by atoms with Crippen molar-refractivity contribution in [3.63, 3.8) is 0 Å². The predicted octanol–water partition coefficient (Wildman–Crippen LogP) is 2.28. The van der Waals surface area contributed by atoms with Crippen LogP contribution in [0.1, 0.15) is 34.5 Å². The van der Waals surface area contributed by atoms with Crippen molar-refractivity contribution in [1.82, 2.24) is 15.1 Å². The van der Waals surface area contributed by atoms with Gasteiger partial charge in [-0.3, -0.25) is 4.79 Å². The van der Waals surface area contributed by atoms with E-state index in [1.165, 1.54) is 7.11 Å². The summed E-state index contributed by atoms with van der Waals surface area (Å²) in [6, 6.07) is 7.81. The van der Waals surface area contributed by atoms with E-state index in [9.17, 15) is 4.79 Å². The molecule has 1 aromatic heterocycles. The molecular weight excluding hydrogens is 294 g/mol. The van der Waals surface area contributed by atoms with Crippen molar-refractivity contribution >= 4 is 5.91 Å². The first kappa shape index (κ1) is 16.9. The van der Waals surface area contributed by atoms with Crippen LogP contribution < -0.4 is 14.8 Å². The van der Waals surface area contributed by atoms with Gasteiger partial charge in [0.1, 0.15) is 11.3 Å². The van der Waals surface area contributed by atoms with Gasteiger partial charge in [-0.05, 0) is 18.6 Å². The van der Waals surface area contributed by atoms with Crippen molar-refractivity contribution in [2.45, 2.75) is 19.8 Å². The van der Waals surface area contributed by atoms with Crippen molar-refractivity contribution in [2.24, 2.45) is 7.05 Å². The fourth-order valence-corrected chi connectivity index (χ4v) is 2.65. The van der Waals surface area contributed by atoms with Gasteiger partial charge in [0.15, 0.2) is 0 Å². The number of carbonyl (C=O) groups is 1. The van der Waals surface area contributed by atoms with Crippen LogP contribution in [0.4, 0.5) is 0 Å². The Balaban J connectivity index is 2.10. The number of nitrogens with one attached hydrogen (secondary N) is 1. The number of nitrogens with zero attached hydrogens (tertiary/aromatic N) is 2. The van der Waals surface area contributed by atoms with E-state index >= 15 is 0 Å². The molecule has 2 aromatic rings. The van der Waals surface area contributed by atoms with E-state index in [0.29, 0.717) is 23.7 Å².